The molecule has 0 fully saturated rings. The summed E-state index contributed by atoms with van der Waals surface area (Å²) in [6.45, 7) is 3.97. The molecule has 2 aromatic heterocycles. The van der Waals surface area contributed by atoms with Crippen LogP contribution in [0.15, 0.2) is 42.7 Å². The molecule has 0 aliphatic carbocycles. The predicted octanol–water partition coefficient (Wildman–Crippen LogP) is 3.81. The molecule has 2 heterocycles. The highest BCUT2D eigenvalue weighted by atomic mass is 19.4. The van der Waals surface area contributed by atoms with E-state index in [2.05, 4.69) is 15.3 Å². The molecule has 1 aromatic carbocycles. The molecule has 0 amide bonds. The van der Waals surface area contributed by atoms with E-state index in [4.69, 9.17) is 9.47 Å². The second-order valence-corrected chi connectivity index (χ2v) is 6.64. The van der Waals surface area contributed by atoms with Crippen LogP contribution in [-0.2, 0) is 22.3 Å². The van der Waals surface area contributed by atoms with Crippen molar-refractivity contribution in [1.29, 1.82) is 0 Å². The monoisotopic (exact) mass is 420 g/mol. The lowest BCUT2D eigenvalue weighted by atomic mass is 10.1. The lowest BCUT2D eigenvalue weighted by Gasteiger charge is -2.08. The Morgan fingerprint density at radius 3 is 2.50 bits per heavy atom. The van der Waals surface area contributed by atoms with Crippen LogP contribution in [0.4, 0.5) is 13.2 Å². The van der Waals surface area contributed by atoms with Crippen molar-refractivity contribution in [2.45, 2.75) is 33.1 Å². The lowest BCUT2D eigenvalue weighted by Crippen LogP contribution is -2.10. The van der Waals surface area contributed by atoms with Crippen LogP contribution in [0.5, 0.6) is 5.75 Å². The number of benzene rings is 1. The third-order valence-corrected chi connectivity index (χ3v) is 4.00. The number of esters is 1. The highest BCUT2D eigenvalue weighted by Crippen LogP contribution is 2.28. The Hall–Kier alpha value is -3.43. The van der Waals surface area contributed by atoms with Gasteiger partial charge in [0.25, 0.3) is 0 Å². The maximum atomic E-state index is 12.6. The van der Waals surface area contributed by atoms with Gasteiger partial charge in [0.15, 0.2) is 5.82 Å². The van der Waals surface area contributed by atoms with Gasteiger partial charge < -0.3 is 9.47 Å². The zero-order valence-electron chi connectivity index (χ0n) is 16.3. The summed E-state index contributed by atoms with van der Waals surface area (Å²) in [5.74, 6) is 0.379. The van der Waals surface area contributed by atoms with E-state index in [1.165, 1.54) is 16.9 Å². The summed E-state index contributed by atoms with van der Waals surface area (Å²) in [5.41, 5.74) is 1.61. The van der Waals surface area contributed by atoms with Crippen molar-refractivity contribution in [3.63, 3.8) is 0 Å². The largest absolute Gasteiger partial charge is 0.493 e. The van der Waals surface area contributed by atoms with Crippen LogP contribution in [0.2, 0.25) is 0 Å². The number of halogens is 3. The molecule has 0 saturated carbocycles. The van der Waals surface area contributed by atoms with Gasteiger partial charge in [0.05, 0.1) is 24.8 Å². The van der Waals surface area contributed by atoms with Gasteiger partial charge in [-0.05, 0) is 49.2 Å². The zero-order chi connectivity index (χ0) is 21.7. The first-order chi connectivity index (χ1) is 14.2. The molecule has 3 rings (SSSR count). The molecule has 0 aliphatic rings. The Bertz CT molecular complexity index is 997. The van der Waals surface area contributed by atoms with E-state index in [0.717, 1.165) is 17.2 Å². The summed E-state index contributed by atoms with van der Waals surface area (Å²) in [4.78, 5) is 15.6. The van der Waals surface area contributed by atoms with E-state index < -0.39 is 17.7 Å². The number of aryl methyl sites for hydroxylation is 2. The van der Waals surface area contributed by atoms with E-state index >= 15 is 0 Å². The van der Waals surface area contributed by atoms with Crippen LogP contribution >= 0.6 is 0 Å². The van der Waals surface area contributed by atoms with Crippen molar-refractivity contribution in [3.05, 3.63) is 65.1 Å². The number of hydrogen-bond donors (Lipinski definition) is 0. The molecular formula is C20H19F3N4O3. The smallest absolute Gasteiger partial charge is 0.417 e. The minimum absolute atomic E-state index is 0.0571. The Kier molecular flexibility index (Phi) is 6.34. The number of aromatic nitrogens is 4. The molecule has 0 N–H and O–H groups in total. The van der Waals surface area contributed by atoms with Gasteiger partial charge in [-0.3, -0.25) is 4.79 Å². The fourth-order valence-electron chi connectivity index (χ4n) is 2.66. The second-order valence-electron chi connectivity index (χ2n) is 6.64. The SMILES string of the molecule is Cc1cc(C)cc(OCCC(=O)OCc2cn(-c3ccc(C(F)(F)F)cn3)nn2)c1. The number of rotatable bonds is 7. The highest BCUT2D eigenvalue weighted by Gasteiger charge is 2.30. The first-order valence-corrected chi connectivity index (χ1v) is 9.02. The molecular weight excluding hydrogens is 401 g/mol. The van der Waals surface area contributed by atoms with Crippen LogP contribution in [0.25, 0.3) is 5.82 Å². The van der Waals surface area contributed by atoms with Gasteiger partial charge in [-0.1, -0.05) is 11.3 Å². The van der Waals surface area contributed by atoms with Crippen LogP contribution < -0.4 is 4.74 Å². The summed E-state index contributed by atoms with van der Waals surface area (Å²) < 4.78 is 49.7. The minimum Gasteiger partial charge on any atom is -0.493 e. The maximum Gasteiger partial charge on any atom is 0.417 e. The quantitative estimate of drug-likeness (QED) is 0.541. The van der Waals surface area contributed by atoms with Crippen molar-refractivity contribution in [1.82, 2.24) is 20.0 Å². The van der Waals surface area contributed by atoms with Crippen molar-refractivity contribution >= 4 is 5.97 Å². The standard InChI is InChI=1S/C20H19F3N4O3/c1-13-7-14(2)9-17(8-13)29-6-5-19(28)30-12-16-11-27(26-25-16)18-4-3-15(10-24-18)20(21,22)23/h3-4,7-11H,5-6,12H2,1-2H3. The number of ether oxygens (including phenoxy) is 2. The molecule has 10 heteroatoms. The summed E-state index contributed by atoms with van der Waals surface area (Å²) in [6, 6.07) is 7.86. The molecule has 30 heavy (non-hydrogen) atoms. The summed E-state index contributed by atoms with van der Waals surface area (Å²) in [6.07, 6.45) is -2.27. The van der Waals surface area contributed by atoms with E-state index in [1.54, 1.807) is 0 Å². The number of alkyl halides is 3. The lowest BCUT2D eigenvalue weighted by molar-refractivity contribution is -0.145. The third kappa shape index (κ3) is 5.79. The first kappa shape index (κ1) is 21.3. The Labute approximate surface area is 170 Å². The third-order valence-electron chi connectivity index (χ3n) is 4.00. The predicted molar refractivity (Wildman–Crippen MR) is 100.0 cm³/mol. The molecule has 7 nitrogen and oxygen atoms in total. The van der Waals surface area contributed by atoms with Gasteiger partial charge in [-0.25, -0.2) is 9.67 Å². The molecule has 0 unspecified atom stereocenters. The van der Waals surface area contributed by atoms with Gasteiger partial charge in [-0.2, -0.15) is 13.2 Å². The summed E-state index contributed by atoms with van der Waals surface area (Å²) in [7, 11) is 0. The fraction of sp³-hybridized carbons (Fsp3) is 0.300. The van der Waals surface area contributed by atoms with Crippen molar-refractivity contribution in [2.24, 2.45) is 0 Å². The average molecular weight is 420 g/mol. The highest BCUT2D eigenvalue weighted by molar-refractivity contribution is 5.69. The second kappa shape index (κ2) is 8.93. The van der Waals surface area contributed by atoms with Crippen LogP contribution in [0.3, 0.4) is 0 Å². The number of hydrogen-bond acceptors (Lipinski definition) is 6. The van der Waals surface area contributed by atoms with Crippen molar-refractivity contribution < 1.29 is 27.4 Å². The van der Waals surface area contributed by atoms with Crippen molar-refractivity contribution in [3.8, 4) is 11.6 Å². The number of nitrogens with zero attached hydrogens (tertiary/aromatic N) is 4. The van der Waals surface area contributed by atoms with E-state index in [-0.39, 0.29) is 25.5 Å². The Morgan fingerprint density at radius 1 is 1.13 bits per heavy atom. The number of pyridine rings is 1. The van der Waals surface area contributed by atoms with E-state index in [1.807, 2.05) is 32.0 Å². The van der Waals surface area contributed by atoms with Crippen molar-refractivity contribution in [2.75, 3.05) is 6.61 Å². The number of carbonyl (C=O) groups excluding carboxylic acids is 1. The molecule has 158 valence electrons. The summed E-state index contributed by atoms with van der Waals surface area (Å²) in [5, 5.41) is 7.61. The molecule has 3 aromatic rings. The van der Waals surface area contributed by atoms with Gasteiger partial charge in [0.1, 0.15) is 18.1 Å². The minimum atomic E-state index is -4.46. The molecule has 0 atom stereocenters. The van der Waals surface area contributed by atoms with Gasteiger partial charge in [0.2, 0.25) is 0 Å². The van der Waals surface area contributed by atoms with Crippen LogP contribution in [-0.4, -0.2) is 32.6 Å². The molecule has 0 spiro atoms. The van der Waals surface area contributed by atoms with Gasteiger partial charge in [-0.15, -0.1) is 5.10 Å². The molecule has 0 radical (unpaired) electrons. The number of carbonyl (C=O) groups is 1. The maximum absolute atomic E-state index is 12.6. The van der Waals surface area contributed by atoms with E-state index in [0.29, 0.717) is 17.6 Å². The van der Waals surface area contributed by atoms with E-state index in [9.17, 15) is 18.0 Å². The Balaban J connectivity index is 1.47. The van der Waals surface area contributed by atoms with Gasteiger partial charge >= 0.3 is 12.1 Å². The average Bonchev–Trinajstić information content (AvgIpc) is 3.14. The first-order valence-electron chi connectivity index (χ1n) is 9.02. The Morgan fingerprint density at radius 2 is 1.87 bits per heavy atom. The topological polar surface area (TPSA) is 79.1 Å². The van der Waals surface area contributed by atoms with Gasteiger partial charge in [0, 0.05) is 6.20 Å². The molecule has 0 aliphatic heterocycles. The fourth-order valence-corrected chi connectivity index (χ4v) is 2.66. The molecule has 0 saturated heterocycles. The zero-order valence-corrected chi connectivity index (χ0v) is 16.3. The normalized spacial score (nSPS) is 11.4. The molecule has 0 bridgehead atoms. The van der Waals surface area contributed by atoms with Crippen LogP contribution in [0.1, 0.15) is 28.8 Å². The van der Waals surface area contributed by atoms with Crippen LogP contribution in [0, 0.1) is 13.8 Å². The summed E-state index contributed by atoms with van der Waals surface area (Å²) >= 11 is 0.